The molecule has 4 nitrogen and oxygen atoms in total. The van der Waals surface area contributed by atoms with Gasteiger partial charge in [0.1, 0.15) is 0 Å². The van der Waals surface area contributed by atoms with E-state index in [9.17, 15) is 0 Å². The van der Waals surface area contributed by atoms with E-state index in [1.165, 1.54) is 0 Å². The van der Waals surface area contributed by atoms with Gasteiger partial charge in [-0.15, -0.1) is 0 Å². The standard InChI is InChI=1S/C19H20N2O2/c1-18(2)19(3,4)23-17(22-18)14-10-9-13-8-7-12-6-5-11-20-15(12)16(13)21-14/h5-11,17H,1-4H3. The SMILES string of the molecule is CC1(C)OC(c2ccc3ccc4cccnc4c3n2)OC1(C)C. The number of hydrogen-bond donors (Lipinski definition) is 0. The fraction of sp³-hybridized carbons (Fsp3) is 0.368. The Labute approximate surface area is 135 Å². The van der Waals surface area contributed by atoms with Crippen LogP contribution in [-0.2, 0) is 9.47 Å². The van der Waals surface area contributed by atoms with Crippen LogP contribution in [0.1, 0.15) is 39.7 Å². The van der Waals surface area contributed by atoms with E-state index in [-0.39, 0.29) is 11.2 Å². The predicted octanol–water partition coefficient (Wildman–Crippen LogP) is 4.39. The van der Waals surface area contributed by atoms with Gasteiger partial charge in [-0.05, 0) is 39.8 Å². The highest BCUT2D eigenvalue weighted by Gasteiger charge is 2.49. The van der Waals surface area contributed by atoms with Gasteiger partial charge < -0.3 is 9.47 Å². The number of hydrogen-bond acceptors (Lipinski definition) is 4. The van der Waals surface area contributed by atoms with Gasteiger partial charge in [0.15, 0.2) is 0 Å². The summed E-state index contributed by atoms with van der Waals surface area (Å²) in [4.78, 5) is 9.29. The maximum atomic E-state index is 6.11. The van der Waals surface area contributed by atoms with Gasteiger partial charge in [0, 0.05) is 17.0 Å². The number of fused-ring (bicyclic) bond motifs is 3. The Balaban J connectivity index is 1.85. The summed E-state index contributed by atoms with van der Waals surface area (Å²) in [6, 6.07) is 12.1. The molecule has 1 aromatic carbocycles. The molecule has 0 amide bonds. The molecule has 3 aromatic rings. The molecule has 4 heteroatoms. The van der Waals surface area contributed by atoms with E-state index in [4.69, 9.17) is 14.5 Å². The predicted molar refractivity (Wildman–Crippen MR) is 90.1 cm³/mol. The summed E-state index contributed by atoms with van der Waals surface area (Å²) < 4.78 is 12.2. The molecule has 0 atom stereocenters. The highest BCUT2D eigenvalue weighted by atomic mass is 16.7. The Morgan fingerprint density at radius 1 is 0.826 bits per heavy atom. The van der Waals surface area contributed by atoms with E-state index in [1.54, 1.807) is 6.20 Å². The number of rotatable bonds is 1. The molecular formula is C19H20N2O2. The van der Waals surface area contributed by atoms with Crippen molar-refractivity contribution in [1.29, 1.82) is 0 Å². The molecule has 1 aliphatic heterocycles. The van der Waals surface area contributed by atoms with Crippen LogP contribution in [0, 0.1) is 0 Å². The number of benzene rings is 1. The minimum absolute atomic E-state index is 0.370. The van der Waals surface area contributed by atoms with Crippen molar-refractivity contribution in [2.75, 3.05) is 0 Å². The van der Waals surface area contributed by atoms with Crippen molar-refractivity contribution in [3.63, 3.8) is 0 Å². The van der Waals surface area contributed by atoms with Crippen LogP contribution in [0.25, 0.3) is 21.8 Å². The lowest BCUT2D eigenvalue weighted by atomic mass is 9.90. The fourth-order valence-corrected chi connectivity index (χ4v) is 2.83. The zero-order valence-electron chi connectivity index (χ0n) is 13.8. The Morgan fingerprint density at radius 3 is 2.13 bits per heavy atom. The van der Waals surface area contributed by atoms with E-state index in [0.717, 1.165) is 27.5 Å². The summed E-state index contributed by atoms with van der Waals surface area (Å²) in [5.74, 6) is 0. The third kappa shape index (κ3) is 2.21. The summed E-state index contributed by atoms with van der Waals surface area (Å²) in [6.45, 7) is 8.19. The smallest absolute Gasteiger partial charge is 0.202 e. The van der Waals surface area contributed by atoms with Crippen molar-refractivity contribution >= 4 is 21.8 Å². The second-order valence-corrected chi connectivity index (χ2v) is 7.04. The average molecular weight is 308 g/mol. The first-order valence-electron chi connectivity index (χ1n) is 7.87. The lowest BCUT2D eigenvalue weighted by Crippen LogP contribution is -2.41. The van der Waals surface area contributed by atoms with Crippen LogP contribution in [-0.4, -0.2) is 21.2 Å². The molecule has 0 spiro atoms. The highest BCUT2D eigenvalue weighted by Crippen LogP contribution is 2.44. The Bertz CT molecular complexity index is 886. The van der Waals surface area contributed by atoms with Crippen LogP contribution in [0.15, 0.2) is 42.6 Å². The van der Waals surface area contributed by atoms with Crippen molar-refractivity contribution in [3.05, 3.63) is 48.3 Å². The highest BCUT2D eigenvalue weighted by molar-refractivity contribution is 6.02. The molecule has 118 valence electrons. The average Bonchev–Trinajstić information content (AvgIpc) is 2.75. The van der Waals surface area contributed by atoms with Crippen LogP contribution in [0.2, 0.25) is 0 Å². The molecular weight excluding hydrogens is 288 g/mol. The summed E-state index contributed by atoms with van der Waals surface area (Å²) in [7, 11) is 0. The molecule has 0 aliphatic carbocycles. The zero-order valence-corrected chi connectivity index (χ0v) is 13.8. The van der Waals surface area contributed by atoms with Crippen LogP contribution in [0.4, 0.5) is 0 Å². The van der Waals surface area contributed by atoms with E-state index < -0.39 is 6.29 Å². The minimum Gasteiger partial charge on any atom is -0.338 e. The molecule has 0 radical (unpaired) electrons. The van der Waals surface area contributed by atoms with Crippen molar-refractivity contribution in [3.8, 4) is 0 Å². The van der Waals surface area contributed by atoms with Gasteiger partial charge in [-0.2, -0.15) is 0 Å². The molecule has 0 bridgehead atoms. The monoisotopic (exact) mass is 308 g/mol. The maximum Gasteiger partial charge on any atom is 0.202 e. The first kappa shape index (κ1) is 14.5. The first-order valence-corrected chi connectivity index (χ1v) is 7.87. The molecule has 1 saturated heterocycles. The second kappa shape index (κ2) is 4.73. The molecule has 3 heterocycles. The quantitative estimate of drug-likeness (QED) is 0.626. The largest absolute Gasteiger partial charge is 0.338 e. The molecule has 0 N–H and O–H groups in total. The molecule has 23 heavy (non-hydrogen) atoms. The van der Waals surface area contributed by atoms with Gasteiger partial charge in [-0.1, -0.05) is 24.3 Å². The second-order valence-electron chi connectivity index (χ2n) is 7.04. The third-order valence-electron chi connectivity index (χ3n) is 4.95. The first-order chi connectivity index (χ1) is 10.9. The molecule has 2 aromatic heterocycles. The van der Waals surface area contributed by atoms with E-state index >= 15 is 0 Å². The Kier molecular flexibility index (Phi) is 2.99. The number of pyridine rings is 2. The summed E-state index contributed by atoms with van der Waals surface area (Å²) >= 11 is 0. The van der Waals surface area contributed by atoms with Crippen molar-refractivity contribution in [2.24, 2.45) is 0 Å². The van der Waals surface area contributed by atoms with Crippen molar-refractivity contribution < 1.29 is 9.47 Å². The van der Waals surface area contributed by atoms with Gasteiger partial charge in [-0.3, -0.25) is 4.98 Å². The van der Waals surface area contributed by atoms with Crippen LogP contribution in [0.3, 0.4) is 0 Å². The Hall–Kier alpha value is -2.04. The van der Waals surface area contributed by atoms with Gasteiger partial charge in [0.2, 0.25) is 6.29 Å². The van der Waals surface area contributed by atoms with Gasteiger partial charge in [-0.25, -0.2) is 4.98 Å². The van der Waals surface area contributed by atoms with E-state index in [1.807, 2.05) is 45.9 Å². The molecule has 1 fully saturated rings. The topological polar surface area (TPSA) is 44.2 Å². The van der Waals surface area contributed by atoms with Crippen LogP contribution < -0.4 is 0 Å². The summed E-state index contributed by atoms with van der Waals surface area (Å²) in [5, 5.41) is 2.15. The lowest BCUT2D eigenvalue weighted by molar-refractivity contribution is -0.0921. The van der Waals surface area contributed by atoms with Gasteiger partial charge in [0.25, 0.3) is 0 Å². The third-order valence-corrected chi connectivity index (χ3v) is 4.95. The lowest BCUT2D eigenvalue weighted by Gasteiger charge is -2.30. The maximum absolute atomic E-state index is 6.11. The molecule has 1 aliphatic rings. The normalized spacial score (nSPS) is 20.3. The number of ether oxygens (including phenoxy) is 2. The van der Waals surface area contributed by atoms with Gasteiger partial charge in [0.05, 0.1) is 27.9 Å². The summed E-state index contributed by atoms with van der Waals surface area (Å²) in [5.41, 5.74) is 1.84. The van der Waals surface area contributed by atoms with Crippen LogP contribution >= 0.6 is 0 Å². The molecule has 4 rings (SSSR count). The number of aromatic nitrogens is 2. The number of nitrogens with zero attached hydrogens (tertiary/aromatic N) is 2. The molecule has 0 saturated carbocycles. The Morgan fingerprint density at radius 2 is 1.43 bits per heavy atom. The fourth-order valence-electron chi connectivity index (χ4n) is 2.83. The summed E-state index contributed by atoms with van der Waals surface area (Å²) in [6.07, 6.45) is 1.34. The van der Waals surface area contributed by atoms with E-state index in [2.05, 4.69) is 23.2 Å². The van der Waals surface area contributed by atoms with Gasteiger partial charge >= 0.3 is 0 Å². The molecule has 0 unspecified atom stereocenters. The van der Waals surface area contributed by atoms with E-state index in [0.29, 0.717) is 0 Å². The zero-order chi connectivity index (χ0) is 16.2. The minimum atomic E-state index is -0.455. The van der Waals surface area contributed by atoms with Crippen molar-refractivity contribution in [2.45, 2.75) is 45.2 Å². The van der Waals surface area contributed by atoms with Crippen LogP contribution in [0.5, 0.6) is 0 Å². The van der Waals surface area contributed by atoms with Crippen molar-refractivity contribution in [1.82, 2.24) is 9.97 Å².